The zero-order valence-corrected chi connectivity index (χ0v) is 13.8. The van der Waals surface area contributed by atoms with E-state index in [1.165, 1.54) is 48.2 Å². The fourth-order valence-electron chi connectivity index (χ4n) is 3.69. The van der Waals surface area contributed by atoms with Gasteiger partial charge in [-0.3, -0.25) is 4.90 Å². The van der Waals surface area contributed by atoms with Gasteiger partial charge in [-0.15, -0.1) is 11.3 Å². The summed E-state index contributed by atoms with van der Waals surface area (Å²) in [6.45, 7) is 3.16. The third-order valence-electron chi connectivity index (χ3n) is 4.97. The first kappa shape index (κ1) is 14.3. The first-order valence-electron chi connectivity index (χ1n) is 8.48. The van der Waals surface area contributed by atoms with Gasteiger partial charge in [0.1, 0.15) is 5.82 Å². The van der Waals surface area contributed by atoms with Crippen LogP contribution in [0.25, 0.3) is 0 Å². The first-order valence-corrected chi connectivity index (χ1v) is 9.36. The van der Waals surface area contributed by atoms with Crippen molar-refractivity contribution in [2.24, 2.45) is 0 Å². The van der Waals surface area contributed by atoms with Gasteiger partial charge in [-0.25, -0.2) is 9.97 Å². The standard InChI is InChI=1S/C18H23N3S/c1-2-5-14(6-3-1)18-19-11-15-8-9-21(13-17(15)20-18)12-16-7-4-10-22-16/h4,7,10-11,14H,1-3,5-6,8-9,12-13H2. The minimum atomic E-state index is 0.603. The Labute approximate surface area is 136 Å². The largest absolute Gasteiger partial charge is 0.292 e. The molecule has 2 aliphatic rings. The molecule has 0 saturated heterocycles. The molecule has 116 valence electrons. The molecule has 1 aliphatic heterocycles. The molecule has 0 aromatic carbocycles. The Bertz CT molecular complexity index is 617. The highest BCUT2D eigenvalue weighted by atomic mass is 32.1. The molecule has 1 aliphatic carbocycles. The van der Waals surface area contributed by atoms with Gasteiger partial charge in [0.25, 0.3) is 0 Å². The maximum atomic E-state index is 4.97. The third-order valence-corrected chi connectivity index (χ3v) is 5.83. The van der Waals surface area contributed by atoms with Crippen LogP contribution < -0.4 is 0 Å². The van der Waals surface area contributed by atoms with Crippen LogP contribution in [0.1, 0.15) is 60.0 Å². The van der Waals surface area contributed by atoms with Gasteiger partial charge in [-0.05, 0) is 36.3 Å². The molecule has 0 spiro atoms. The van der Waals surface area contributed by atoms with E-state index in [2.05, 4.69) is 33.6 Å². The molecular formula is C18H23N3S. The van der Waals surface area contributed by atoms with Crippen molar-refractivity contribution in [2.75, 3.05) is 6.54 Å². The summed E-state index contributed by atoms with van der Waals surface area (Å²) < 4.78 is 0. The molecule has 4 heteroatoms. The number of nitrogens with zero attached hydrogens (tertiary/aromatic N) is 3. The molecule has 0 unspecified atom stereocenters. The molecule has 3 heterocycles. The predicted molar refractivity (Wildman–Crippen MR) is 90.0 cm³/mol. The van der Waals surface area contributed by atoms with Crippen LogP contribution in [0.2, 0.25) is 0 Å². The van der Waals surface area contributed by atoms with E-state index in [1.54, 1.807) is 0 Å². The van der Waals surface area contributed by atoms with Crippen molar-refractivity contribution in [3.8, 4) is 0 Å². The van der Waals surface area contributed by atoms with Crippen molar-refractivity contribution in [3.05, 3.63) is 45.7 Å². The zero-order valence-electron chi connectivity index (χ0n) is 13.0. The molecule has 2 aromatic rings. The van der Waals surface area contributed by atoms with Crippen molar-refractivity contribution in [1.29, 1.82) is 0 Å². The molecule has 0 bridgehead atoms. The van der Waals surface area contributed by atoms with Crippen molar-refractivity contribution in [1.82, 2.24) is 14.9 Å². The Hall–Kier alpha value is -1.26. The van der Waals surface area contributed by atoms with Crippen molar-refractivity contribution < 1.29 is 0 Å². The molecule has 22 heavy (non-hydrogen) atoms. The molecule has 1 fully saturated rings. The lowest BCUT2D eigenvalue weighted by Gasteiger charge is -2.28. The highest BCUT2D eigenvalue weighted by Crippen LogP contribution is 2.31. The van der Waals surface area contributed by atoms with E-state index in [4.69, 9.17) is 4.98 Å². The van der Waals surface area contributed by atoms with Gasteiger partial charge < -0.3 is 0 Å². The predicted octanol–water partition coefficient (Wildman–Crippen LogP) is 4.14. The number of fused-ring (bicyclic) bond motifs is 1. The Morgan fingerprint density at radius 1 is 1.23 bits per heavy atom. The van der Waals surface area contributed by atoms with Crippen LogP contribution in [0.15, 0.2) is 23.7 Å². The second-order valence-corrected chi connectivity index (χ2v) is 7.61. The van der Waals surface area contributed by atoms with E-state index in [-0.39, 0.29) is 0 Å². The summed E-state index contributed by atoms with van der Waals surface area (Å²) in [4.78, 5) is 13.6. The third kappa shape index (κ3) is 3.08. The summed E-state index contributed by atoms with van der Waals surface area (Å²) in [6, 6.07) is 4.37. The number of hydrogen-bond donors (Lipinski definition) is 0. The number of thiophene rings is 1. The van der Waals surface area contributed by atoms with Gasteiger partial charge in [0.05, 0.1) is 5.69 Å². The van der Waals surface area contributed by atoms with Gasteiger partial charge in [0.2, 0.25) is 0 Å². The fraction of sp³-hybridized carbons (Fsp3) is 0.556. The summed E-state index contributed by atoms with van der Waals surface area (Å²) in [5, 5.41) is 2.16. The number of aromatic nitrogens is 2. The monoisotopic (exact) mass is 313 g/mol. The van der Waals surface area contributed by atoms with Crippen LogP contribution in [-0.2, 0) is 19.5 Å². The Morgan fingerprint density at radius 3 is 2.95 bits per heavy atom. The highest BCUT2D eigenvalue weighted by Gasteiger charge is 2.22. The molecule has 0 atom stereocenters. The average molecular weight is 313 g/mol. The molecular weight excluding hydrogens is 290 g/mol. The van der Waals surface area contributed by atoms with Crippen molar-refractivity contribution in [2.45, 2.75) is 57.5 Å². The SMILES string of the molecule is c1csc(CN2CCc3cnc(C4CCCCC4)nc3C2)c1. The average Bonchev–Trinajstić information content (AvgIpc) is 3.08. The molecule has 0 N–H and O–H groups in total. The lowest BCUT2D eigenvalue weighted by Crippen LogP contribution is -2.31. The Balaban J connectivity index is 1.49. The summed E-state index contributed by atoms with van der Waals surface area (Å²) in [5.41, 5.74) is 2.64. The lowest BCUT2D eigenvalue weighted by atomic mass is 9.88. The van der Waals surface area contributed by atoms with Crippen molar-refractivity contribution >= 4 is 11.3 Å². The molecule has 0 radical (unpaired) electrons. The molecule has 2 aromatic heterocycles. The normalized spacial score (nSPS) is 20.0. The maximum Gasteiger partial charge on any atom is 0.131 e. The molecule has 0 amide bonds. The minimum absolute atomic E-state index is 0.603. The van der Waals surface area contributed by atoms with Gasteiger partial charge in [0.15, 0.2) is 0 Å². The summed E-state index contributed by atoms with van der Waals surface area (Å²) in [6.07, 6.45) is 9.82. The topological polar surface area (TPSA) is 29.0 Å². The van der Waals surface area contributed by atoms with Gasteiger partial charge in [-0.2, -0.15) is 0 Å². The van der Waals surface area contributed by atoms with E-state index in [9.17, 15) is 0 Å². The van der Waals surface area contributed by atoms with Crippen LogP contribution in [0.3, 0.4) is 0 Å². The van der Waals surface area contributed by atoms with Crippen LogP contribution in [0.4, 0.5) is 0 Å². The zero-order chi connectivity index (χ0) is 14.8. The lowest BCUT2D eigenvalue weighted by molar-refractivity contribution is 0.242. The molecule has 3 nitrogen and oxygen atoms in total. The Morgan fingerprint density at radius 2 is 2.14 bits per heavy atom. The Kier molecular flexibility index (Phi) is 4.22. The molecule has 4 rings (SSSR count). The van der Waals surface area contributed by atoms with Gasteiger partial charge in [-0.1, -0.05) is 25.3 Å². The van der Waals surface area contributed by atoms with E-state index >= 15 is 0 Å². The van der Waals surface area contributed by atoms with Gasteiger partial charge >= 0.3 is 0 Å². The number of hydrogen-bond acceptors (Lipinski definition) is 4. The molecule has 1 saturated carbocycles. The van der Waals surface area contributed by atoms with E-state index in [0.717, 1.165) is 31.9 Å². The van der Waals surface area contributed by atoms with E-state index in [0.29, 0.717) is 5.92 Å². The fourth-order valence-corrected chi connectivity index (χ4v) is 4.43. The van der Waals surface area contributed by atoms with Gasteiger partial charge in [0, 0.05) is 36.6 Å². The van der Waals surface area contributed by atoms with Crippen LogP contribution in [0, 0.1) is 0 Å². The van der Waals surface area contributed by atoms with Crippen LogP contribution >= 0.6 is 11.3 Å². The second-order valence-electron chi connectivity index (χ2n) is 6.58. The van der Waals surface area contributed by atoms with Crippen LogP contribution in [-0.4, -0.2) is 21.4 Å². The van der Waals surface area contributed by atoms with Crippen LogP contribution in [0.5, 0.6) is 0 Å². The number of rotatable bonds is 3. The summed E-state index contributed by atoms with van der Waals surface area (Å²) in [5.74, 6) is 1.71. The van der Waals surface area contributed by atoms with Crippen molar-refractivity contribution in [3.63, 3.8) is 0 Å². The second kappa shape index (κ2) is 6.47. The smallest absolute Gasteiger partial charge is 0.131 e. The maximum absolute atomic E-state index is 4.97. The summed E-state index contributed by atoms with van der Waals surface area (Å²) in [7, 11) is 0. The van der Waals surface area contributed by atoms with E-state index in [1.807, 2.05) is 11.3 Å². The minimum Gasteiger partial charge on any atom is -0.292 e. The first-order chi connectivity index (χ1) is 10.9. The quantitative estimate of drug-likeness (QED) is 0.852. The summed E-state index contributed by atoms with van der Waals surface area (Å²) >= 11 is 1.85. The highest BCUT2D eigenvalue weighted by molar-refractivity contribution is 7.09. The van der Waals surface area contributed by atoms with E-state index < -0.39 is 0 Å².